The van der Waals surface area contributed by atoms with Gasteiger partial charge in [-0.2, -0.15) is 0 Å². The summed E-state index contributed by atoms with van der Waals surface area (Å²) < 4.78 is 13.1. The Morgan fingerprint density at radius 2 is 1.94 bits per heavy atom. The van der Waals surface area contributed by atoms with Gasteiger partial charge in [-0.05, 0) is 48.7 Å². The summed E-state index contributed by atoms with van der Waals surface area (Å²) in [6.07, 6.45) is 0. The van der Waals surface area contributed by atoms with Crippen molar-refractivity contribution in [2.24, 2.45) is 0 Å². The van der Waals surface area contributed by atoms with Crippen LogP contribution in [0.2, 0.25) is 0 Å². The van der Waals surface area contributed by atoms with Crippen molar-refractivity contribution in [1.82, 2.24) is 0 Å². The van der Waals surface area contributed by atoms with Crippen LogP contribution in [0.25, 0.3) is 0 Å². The standard InChI is InChI=1S/C15H16FNO/c1-10-4-3-5-15(11(10)2)17-9-12-6-13(16)8-14(18)7-12/h3-8,17-18H,9H2,1-2H3. The molecule has 3 heteroatoms. The van der Waals surface area contributed by atoms with E-state index >= 15 is 0 Å². The second kappa shape index (κ2) is 5.08. The lowest BCUT2D eigenvalue weighted by atomic mass is 10.1. The van der Waals surface area contributed by atoms with Gasteiger partial charge in [0.1, 0.15) is 11.6 Å². The van der Waals surface area contributed by atoms with Gasteiger partial charge >= 0.3 is 0 Å². The summed E-state index contributed by atoms with van der Waals surface area (Å²) in [7, 11) is 0. The summed E-state index contributed by atoms with van der Waals surface area (Å²) in [5, 5.41) is 12.6. The first-order valence-corrected chi connectivity index (χ1v) is 5.85. The number of aromatic hydroxyl groups is 1. The normalized spacial score (nSPS) is 10.4. The van der Waals surface area contributed by atoms with Gasteiger partial charge in [0.15, 0.2) is 0 Å². The van der Waals surface area contributed by atoms with E-state index in [1.54, 1.807) is 6.07 Å². The molecule has 0 aromatic heterocycles. The SMILES string of the molecule is Cc1cccc(NCc2cc(O)cc(F)c2)c1C. The van der Waals surface area contributed by atoms with Crippen molar-refractivity contribution in [3.63, 3.8) is 0 Å². The third-order valence-electron chi connectivity index (χ3n) is 3.03. The van der Waals surface area contributed by atoms with Crippen LogP contribution in [-0.2, 0) is 6.54 Å². The monoisotopic (exact) mass is 245 g/mol. The average Bonchev–Trinajstić information content (AvgIpc) is 2.30. The molecule has 94 valence electrons. The first kappa shape index (κ1) is 12.4. The molecule has 0 saturated heterocycles. The minimum atomic E-state index is -0.423. The molecular weight excluding hydrogens is 229 g/mol. The van der Waals surface area contributed by atoms with Crippen LogP contribution in [0, 0.1) is 19.7 Å². The minimum absolute atomic E-state index is 0.0484. The third-order valence-corrected chi connectivity index (χ3v) is 3.03. The van der Waals surface area contributed by atoms with E-state index in [9.17, 15) is 9.50 Å². The summed E-state index contributed by atoms with van der Waals surface area (Å²) in [5.74, 6) is -0.472. The van der Waals surface area contributed by atoms with Gasteiger partial charge < -0.3 is 10.4 Å². The van der Waals surface area contributed by atoms with Crippen LogP contribution in [-0.4, -0.2) is 5.11 Å². The number of halogens is 1. The third kappa shape index (κ3) is 2.80. The number of phenols is 1. The number of rotatable bonds is 3. The summed E-state index contributed by atoms with van der Waals surface area (Å²) in [6.45, 7) is 4.57. The molecule has 2 N–H and O–H groups in total. The van der Waals surface area contributed by atoms with Crippen LogP contribution in [0.5, 0.6) is 5.75 Å². The molecule has 0 amide bonds. The van der Waals surface area contributed by atoms with Crippen LogP contribution >= 0.6 is 0 Å². The van der Waals surface area contributed by atoms with Crippen LogP contribution < -0.4 is 5.32 Å². The number of hydrogen-bond acceptors (Lipinski definition) is 2. The molecule has 0 aliphatic heterocycles. The fourth-order valence-corrected chi connectivity index (χ4v) is 1.88. The molecule has 0 saturated carbocycles. The molecule has 2 nitrogen and oxygen atoms in total. The fourth-order valence-electron chi connectivity index (χ4n) is 1.88. The molecule has 0 bridgehead atoms. The predicted octanol–water partition coefficient (Wildman–Crippen LogP) is 3.76. The van der Waals surface area contributed by atoms with E-state index < -0.39 is 5.82 Å². The average molecular weight is 245 g/mol. The Kier molecular flexibility index (Phi) is 3.51. The Morgan fingerprint density at radius 1 is 1.17 bits per heavy atom. The van der Waals surface area contributed by atoms with Crippen LogP contribution in [0.15, 0.2) is 36.4 Å². The highest BCUT2D eigenvalue weighted by molar-refractivity contribution is 5.54. The van der Waals surface area contributed by atoms with Crippen molar-refractivity contribution < 1.29 is 9.50 Å². The molecule has 18 heavy (non-hydrogen) atoms. The molecule has 2 aromatic rings. The molecular formula is C15H16FNO. The molecule has 2 rings (SSSR count). The maximum absolute atomic E-state index is 13.1. The molecule has 0 fully saturated rings. The largest absolute Gasteiger partial charge is 0.508 e. The van der Waals surface area contributed by atoms with Gasteiger partial charge in [-0.3, -0.25) is 0 Å². The molecule has 0 radical (unpaired) electrons. The second-order valence-corrected chi connectivity index (χ2v) is 4.42. The van der Waals surface area contributed by atoms with E-state index in [2.05, 4.69) is 18.3 Å². The summed E-state index contributed by atoms with van der Waals surface area (Å²) >= 11 is 0. The summed E-state index contributed by atoms with van der Waals surface area (Å²) in [5.41, 5.74) is 4.13. The van der Waals surface area contributed by atoms with Gasteiger partial charge in [-0.1, -0.05) is 12.1 Å². The number of hydrogen-bond donors (Lipinski definition) is 2. The minimum Gasteiger partial charge on any atom is -0.508 e. The Labute approximate surface area is 106 Å². The summed E-state index contributed by atoms with van der Waals surface area (Å²) in [4.78, 5) is 0. The molecule has 0 spiro atoms. The summed E-state index contributed by atoms with van der Waals surface area (Å²) in [6, 6.07) is 10.1. The van der Waals surface area contributed by atoms with Crippen molar-refractivity contribution in [2.75, 3.05) is 5.32 Å². The topological polar surface area (TPSA) is 32.3 Å². The lowest BCUT2D eigenvalue weighted by Crippen LogP contribution is -2.02. The van der Waals surface area contributed by atoms with E-state index in [1.165, 1.54) is 17.2 Å². The Balaban J connectivity index is 2.14. The lowest BCUT2D eigenvalue weighted by molar-refractivity contribution is 0.468. The van der Waals surface area contributed by atoms with E-state index in [1.807, 2.05) is 19.1 Å². The Morgan fingerprint density at radius 3 is 2.67 bits per heavy atom. The fraction of sp³-hybridized carbons (Fsp3) is 0.200. The van der Waals surface area contributed by atoms with Crippen LogP contribution in [0.3, 0.4) is 0 Å². The molecule has 0 aliphatic carbocycles. The quantitative estimate of drug-likeness (QED) is 0.863. The van der Waals surface area contributed by atoms with Gasteiger partial charge in [0.2, 0.25) is 0 Å². The van der Waals surface area contributed by atoms with Gasteiger partial charge in [0, 0.05) is 18.3 Å². The highest BCUT2D eigenvalue weighted by atomic mass is 19.1. The highest BCUT2D eigenvalue weighted by Crippen LogP contribution is 2.20. The number of phenolic OH excluding ortho intramolecular Hbond substituents is 1. The zero-order valence-corrected chi connectivity index (χ0v) is 10.5. The molecule has 0 unspecified atom stereocenters. The van der Waals surface area contributed by atoms with Gasteiger partial charge in [0.25, 0.3) is 0 Å². The molecule has 0 heterocycles. The van der Waals surface area contributed by atoms with Crippen molar-refractivity contribution >= 4 is 5.69 Å². The van der Waals surface area contributed by atoms with Gasteiger partial charge in [0.05, 0.1) is 0 Å². The number of nitrogens with one attached hydrogen (secondary N) is 1. The maximum atomic E-state index is 13.1. The number of benzene rings is 2. The van der Waals surface area contributed by atoms with Crippen molar-refractivity contribution in [3.8, 4) is 5.75 Å². The zero-order valence-electron chi connectivity index (χ0n) is 10.5. The van der Waals surface area contributed by atoms with Crippen molar-refractivity contribution in [2.45, 2.75) is 20.4 Å². The van der Waals surface area contributed by atoms with Gasteiger partial charge in [-0.15, -0.1) is 0 Å². The molecule has 0 atom stereocenters. The predicted molar refractivity (Wildman–Crippen MR) is 71.3 cm³/mol. The number of anilines is 1. The second-order valence-electron chi connectivity index (χ2n) is 4.42. The van der Waals surface area contributed by atoms with E-state index in [4.69, 9.17) is 0 Å². The number of aryl methyl sites for hydroxylation is 1. The molecule has 0 aliphatic rings. The highest BCUT2D eigenvalue weighted by Gasteiger charge is 2.02. The smallest absolute Gasteiger partial charge is 0.127 e. The maximum Gasteiger partial charge on any atom is 0.127 e. The van der Waals surface area contributed by atoms with Crippen LogP contribution in [0.4, 0.5) is 10.1 Å². The Bertz CT molecular complexity index is 546. The first-order valence-electron chi connectivity index (χ1n) is 5.85. The van der Waals surface area contributed by atoms with Crippen LogP contribution in [0.1, 0.15) is 16.7 Å². The van der Waals surface area contributed by atoms with Crippen molar-refractivity contribution in [1.29, 1.82) is 0 Å². The van der Waals surface area contributed by atoms with E-state index in [0.29, 0.717) is 12.1 Å². The van der Waals surface area contributed by atoms with E-state index in [0.717, 1.165) is 11.8 Å². The first-order chi connectivity index (χ1) is 8.56. The molecule has 2 aromatic carbocycles. The van der Waals surface area contributed by atoms with E-state index in [-0.39, 0.29) is 5.75 Å². The van der Waals surface area contributed by atoms with Gasteiger partial charge in [-0.25, -0.2) is 4.39 Å². The lowest BCUT2D eigenvalue weighted by Gasteiger charge is -2.11. The zero-order chi connectivity index (χ0) is 13.1. The van der Waals surface area contributed by atoms with Crippen molar-refractivity contribution in [3.05, 3.63) is 58.9 Å². The Hall–Kier alpha value is -2.03.